The van der Waals surface area contributed by atoms with Crippen LogP contribution < -0.4 is 20.1 Å². The van der Waals surface area contributed by atoms with Gasteiger partial charge in [0.05, 0.1) is 25.4 Å². The molecule has 0 aromatic heterocycles. The zero-order valence-corrected chi connectivity index (χ0v) is 23.2. The quantitative estimate of drug-likeness (QED) is 0.247. The van der Waals surface area contributed by atoms with Crippen LogP contribution in [0.5, 0.6) is 11.5 Å². The number of nitrogens with one attached hydrogen (secondary N) is 2. The van der Waals surface area contributed by atoms with E-state index in [9.17, 15) is 9.90 Å². The van der Waals surface area contributed by atoms with Crippen molar-refractivity contribution in [3.63, 3.8) is 0 Å². The Labute approximate surface area is 222 Å². The molecular weight excluding hydrogens is 468 g/mol. The van der Waals surface area contributed by atoms with Gasteiger partial charge in [0.2, 0.25) is 0 Å². The summed E-state index contributed by atoms with van der Waals surface area (Å²) in [5.41, 5.74) is 2.36. The van der Waals surface area contributed by atoms with Gasteiger partial charge >= 0.3 is 6.03 Å². The highest BCUT2D eigenvalue weighted by molar-refractivity contribution is 5.74. The molecule has 0 radical (unpaired) electrons. The highest BCUT2D eigenvalue weighted by Crippen LogP contribution is 2.20. The minimum atomic E-state index is -1.24. The highest BCUT2D eigenvalue weighted by Gasteiger charge is 2.31. The third-order valence-corrected chi connectivity index (χ3v) is 5.85. The van der Waals surface area contributed by atoms with Gasteiger partial charge in [0.15, 0.2) is 5.79 Å². The molecule has 0 aliphatic carbocycles. The number of hydrogen-bond donors (Lipinski definition) is 3. The number of hydrogen-bond acceptors (Lipinski definition) is 5. The molecule has 37 heavy (non-hydrogen) atoms. The van der Waals surface area contributed by atoms with Crippen LogP contribution in [0.2, 0.25) is 0 Å². The molecule has 3 rings (SSSR count). The Morgan fingerprint density at radius 2 is 1.46 bits per heavy atom. The SMILES string of the molecule is CCCCOc1ccc(C)cc1.CCCCOc1ccc(CC2NC(=O)NCCC2OC(C)(C)O)cc1. The first-order valence-electron chi connectivity index (χ1n) is 13.6. The standard InChI is InChI=1S/C19H30N2O4.C11H16O/c1-4-5-12-24-15-8-6-14(7-9-15)13-16-17(25-19(2,3)23)10-11-20-18(22)21-16;1-3-4-9-12-11-7-5-10(2)6-8-11/h6-9,16-17,23H,4-5,10-13H2,1-3H3,(H2,20,21,22);5-8H,3-4,9H2,1-2H3. The van der Waals surface area contributed by atoms with Crippen LogP contribution in [0.3, 0.4) is 0 Å². The summed E-state index contributed by atoms with van der Waals surface area (Å²) in [6, 6.07) is 15.7. The van der Waals surface area contributed by atoms with Crippen molar-refractivity contribution in [1.29, 1.82) is 0 Å². The Hall–Kier alpha value is -2.77. The van der Waals surface area contributed by atoms with Gasteiger partial charge in [0.1, 0.15) is 11.5 Å². The summed E-state index contributed by atoms with van der Waals surface area (Å²) in [5, 5.41) is 15.7. The molecule has 1 aliphatic heterocycles. The first-order valence-corrected chi connectivity index (χ1v) is 13.6. The number of carbonyl (C=O) groups is 1. The molecule has 206 valence electrons. The summed E-state index contributed by atoms with van der Waals surface area (Å²) < 4.78 is 16.9. The van der Waals surface area contributed by atoms with Gasteiger partial charge in [-0.05, 0) is 76.3 Å². The van der Waals surface area contributed by atoms with Crippen LogP contribution in [0.25, 0.3) is 0 Å². The van der Waals surface area contributed by atoms with Gasteiger partial charge in [-0.25, -0.2) is 4.79 Å². The van der Waals surface area contributed by atoms with Crippen molar-refractivity contribution in [2.75, 3.05) is 19.8 Å². The van der Waals surface area contributed by atoms with Gasteiger partial charge in [0, 0.05) is 6.54 Å². The van der Waals surface area contributed by atoms with Crippen LogP contribution in [0.1, 0.15) is 70.9 Å². The second kappa shape index (κ2) is 16.2. The number of benzene rings is 2. The third kappa shape index (κ3) is 12.8. The summed E-state index contributed by atoms with van der Waals surface area (Å²) in [6.07, 6.45) is 5.48. The van der Waals surface area contributed by atoms with E-state index < -0.39 is 5.79 Å². The maximum atomic E-state index is 11.8. The van der Waals surface area contributed by atoms with Gasteiger partial charge in [-0.15, -0.1) is 0 Å². The predicted octanol–water partition coefficient (Wildman–Crippen LogP) is 5.77. The van der Waals surface area contributed by atoms with Gasteiger partial charge in [0.25, 0.3) is 0 Å². The molecule has 1 saturated heterocycles. The van der Waals surface area contributed by atoms with E-state index >= 15 is 0 Å². The van der Waals surface area contributed by atoms with Crippen molar-refractivity contribution >= 4 is 6.03 Å². The number of ether oxygens (including phenoxy) is 3. The third-order valence-electron chi connectivity index (χ3n) is 5.85. The molecule has 3 N–H and O–H groups in total. The van der Waals surface area contributed by atoms with Crippen molar-refractivity contribution in [2.45, 2.75) is 91.1 Å². The van der Waals surface area contributed by atoms with Crippen molar-refractivity contribution < 1.29 is 24.1 Å². The fraction of sp³-hybridized carbons (Fsp3) is 0.567. The first-order chi connectivity index (χ1) is 17.7. The number of urea groups is 1. The molecule has 2 amide bonds. The van der Waals surface area contributed by atoms with Crippen molar-refractivity contribution in [1.82, 2.24) is 10.6 Å². The molecular formula is C30H46N2O5. The fourth-order valence-electron chi connectivity index (χ4n) is 3.81. The summed E-state index contributed by atoms with van der Waals surface area (Å²) >= 11 is 0. The van der Waals surface area contributed by atoms with E-state index in [0.29, 0.717) is 19.4 Å². The molecule has 2 aromatic rings. The number of carbonyl (C=O) groups excluding carboxylic acids is 1. The number of rotatable bonds is 12. The normalized spacial score (nSPS) is 17.5. The molecule has 1 heterocycles. The molecule has 0 saturated carbocycles. The monoisotopic (exact) mass is 514 g/mol. The summed E-state index contributed by atoms with van der Waals surface area (Å²) in [6.45, 7) is 11.7. The number of unbranched alkanes of at least 4 members (excludes halogenated alkanes) is 2. The Bertz CT molecular complexity index is 894. The summed E-state index contributed by atoms with van der Waals surface area (Å²) in [7, 11) is 0. The van der Waals surface area contributed by atoms with Crippen LogP contribution in [0.15, 0.2) is 48.5 Å². The van der Waals surface area contributed by atoms with Gasteiger partial charge in [-0.1, -0.05) is 56.5 Å². The topological polar surface area (TPSA) is 89.1 Å². The molecule has 2 unspecified atom stereocenters. The zero-order chi connectivity index (χ0) is 27.1. The average molecular weight is 515 g/mol. The largest absolute Gasteiger partial charge is 0.494 e. The zero-order valence-electron chi connectivity index (χ0n) is 23.2. The lowest BCUT2D eigenvalue weighted by Gasteiger charge is -2.31. The number of aliphatic hydroxyl groups is 1. The summed E-state index contributed by atoms with van der Waals surface area (Å²) in [4.78, 5) is 11.8. The van der Waals surface area contributed by atoms with Crippen molar-refractivity contribution in [2.24, 2.45) is 0 Å². The molecule has 1 fully saturated rings. The van der Waals surface area contributed by atoms with Crippen molar-refractivity contribution in [3.05, 3.63) is 59.7 Å². The second-order valence-corrected chi connectivity index (χ2v) is 9.96. The lowest BCUT2D eigenvalue weighted by atomic mass is 9.99. The predicted molar refractivity (Wildman–Crippen MR) is 148 cm³/mol. The second-order valence-electron chi connectivity index (χ2n) is 9.96. The minimum absolute atomic E-state index is 0.202. The molecule has 2 aromatic carbocycles. The van der Waals surface area contributed by atoms with E-state index in [1.807, 2.05) is 36.4 Å². The van der Waals surface area contributed by atoms with Crippen LogP contribution >= 0.6 is 0 Å². The molecule has 0 spiro atoms. The Kier molecular flexibility index (Phi) is 13.3. The van der Waals surface area contributed by atoms with Crippen LogP contribution in [0.4, 0.5) is 4.79 Å². The molecule has 2 atom stereocenters. The lowest BCUT2D eigenvalue weighted by molar-refractivity contribution is -0.211. The van der Waals surface area contributed by atoms with E-state index in [1.165, 1.54) is 12.0 Å². The van der Waals surface area contributed by atoms with E-state index in [2.05, 4.69) is 43.5 Å². The number of amides is 2. The van der Waals surface area contributed by atoms with Gasteiger partial charge in [-0.2, -0.15) is 0 Å². The maximum Gasteiger partial charge on any atom is 0.315 e. The van der Waals surface area contributed by atoms with Crippen LogP contribution in [-0.4, -0.2) is 48.8 Å². The first kappa shape index (κ1) is 30.5. The van der Waals surface area contributed by atoms with E-state index in [4.69, 9.17) is 14.2 Å². The van der Waals surface area contributed by atoms with Gasteiger partial charge in [-0.3, -0.25) is 0 Å². The van der Waals surface area contributed by atoms with E-state index in [0.717, 1.165) is 49.5 Å². The highest BCUT2D eigenvalue weighted by atomic mass is 16.6. The average Bonchev–Trinajstić information content (AvgIpc) is 3.01. The molecule has 7 heteroatoms. The minimum Gasteiger partial charge on any atom is -0.494 e. The molecule has 7 nitrogen and oxygen atoms in total. The Balaban J connectivity index is 0.000000335. The maximum absolute atomic E-state index is 11.8. The van der Waals surface area contributed by atoms with Gasteiger partial charge < -0.3 is 30.0 Å². The lowest BCUT2D eigenvalue weighted by Crippen LogP contribution is -2.48. The van der Waals surface area contributed by atoms with E-state index in [1.54, 1.807) is 13.8 Å². The fourth-order valence-corrected chi connectivity index (χ4v) is 3.81. The van der Waals surface area contributed by atoms with Crippen LogP contribution in [0, 0.1) is 6.92 Å². The Morgan fingerprint density at radius 3 is 1.97 bits per heavy atom. The molecule has 1 aliphatic rings. The Morgan fingerprint density at radius 1 is 0.919 bits per heavy atom. The number of aryl methyl sites for hydroxylation is 1. The molecule has 0 bridgehead atoms. The van der Waals surface area contributed by atoms with Crippen molar-refractivity contribution in [3.8, 4) is 11.5 Å². The van der Waals surface area contributed by atoms with E-state index in [-0.39, 0.29) is 18.2 Å². The summed E-state index contributed by atoms with van der Waals surface area (Å²) in [5.74, 6) is 0.594. The van der Waals surface area contributed by atoms with Crippen LogP contribution in [-0.2, 0) is 11.2 Å². The smallest absolute Gasteiger partial charge is 0.315 e.